The van der Waals surface area contributed by atoms with Crippen molar-refractivity contribution in [1.82, 2.24) is 9.88 Å². The van der Waals surface area contributed by atoms with E-state index in [-0.39, 0.29) is 5.91 Å². The molecule has 1 aliphatic rings. The van der Waals surface area contributed by atoms with Crippen molar-refractivity contribution < 1.29 is 14.3 Å². The van der Waals surface area contributed by atoms with Gasteiger partial charge in [0.1, 0.15) is 21.7 Å². The molecule has 31 heavy (non-hydrogen) atoms. The standard InChI is InChI=1S/C24H23N3O3S/c1-29-19-10-11-20(30-2)22-21(19)25-24(31-22)27-14-12-26(13-15-27)23(28)18-9-5-7-16-6-3-4-8-17(16)18/h3-11H,12-15H2,1-2H3. The van der Waals surface area contributed by atoms with Gasteiger partial charge in [0.2, 0.25) is 0 Å². The number of benzene rings is 3. The first-order valence-corrected chi connectivity index (χ1v) is 11.0. The van der Waals surface area contributed by atoms with Gasteiger partial charge in [0.25, 0.3) is 5.91 Å². The van der Waals surface area contributed by atoms with Crippen molar-refractivity contribution in [3.8, 4) is 11.5 Å². The van der Waals surface area contributed by atoms with Crippen molar-refractivity contribution in [2.45, 2.75) is 0 Å². The summed E-state index contributed by atoms with van der Waals surface area (Å²) in [6.07, 6.45) is 0. The Balaban J connectivity index is 1.36. The monoisotopic (exact) mass is 433 g/mol. The van der Waals surface area contributed by atoms with E-state index in [4.69, 9.17) is 14.5 Å². The lowest BCUT2D eigenvalue weighted by molar-refractivity contribution is 0.0749. The molecule has 0 radical (unpaired) electrons. The number of aromatic nitrogens is 1. The normalized spacial score (nSPS) is 14.3. The molecule has 2 heterocycles. The van der Waals surface area contributed by atoms with Crippen LogP contribution in [0.5, 0.6) is 11.5 Å². The Labute approximate surface area is 184 Å². The van der Waals surface area contributed by atoms with Gasteiger partial charge in [-0.3, -0.25) is 4.79 Å². The lowest BCUT2D eigenvalue weighted by atomic mass is 10.0. The maximum Gasteiger partial charge on any atom is 0.254 e. The highest BCUT2D eigenvalue weighted by Gasteiger charge is 2.25. The average molecular weight is 434 g/mol. The summed E-state index contributed by atoms with van der Waals surface area (Å²) in [6.45, 7) is 2.79. The molecule has 0 atom stereocenters. The third-order valence-corrected chi connectivity index (χ3v) is 6.89. The first kappa shape index (κ1) is 19.6. The van der Waals surface area contributed by atoms with Gasteiger partial charge < -0.3 is 19.3 Å². The van der Waals surface area contributed by atoms with E-state index in [1.807, 2.05) is 59.5 Å². The number of carbonyl (C=O) groups is 1. The van der Waals surface area contributed by atoms with Crippen LogP contribution in [0.15, 0.2) is 54.6 Å². The van der Waals surface area contributed by atoms with Crippen LogP contribution >= 0.6 is 11.3 Å². The van der Waals surface area contributed by atoms with Gasteiger partial charge in [-0.1, -0.05) is 47.7 Å². The first-order valence-electron chi connectivity index (χ1n) is 10.2. The number of methoxy groups -OCH3 is 2. The summed E-state index contributed by atoms with van der Waals surface area (Å²) < 4.78 is 12.0. The van der Waals surface area contributed by atoms with Crippen LogP contribution in [0.25, 0.3) is 21.0 Å². The lowest BCUT2D eigenvalue weighted by Gasteiger charge is -2.34. The van der Waals surface area contributed by atoms with E-state index in [1.165, 1.54) is 0 Å². The Kier molecular flexibility index (Phi) is 5.11. The van der Waals surface area contributed by atoms with E-state index < -0.39 is 0 Å². The van der Waals surface area contributed by atoms with Crippen molar-refractivity contribution in [3.05, 3.63) is 60.2 Å². The van der Waals surface area contributed by atoms with Crippen molar-refractivity contribution in [2.75, 3.05) is 45.3 Å². The van der Waals surface area contributed by atoms with E-state index in [2.05, 4.69) is 4.90 Å². The molecule has 7 heteroatoms. The summed E-state index contributed by atoms with van der Waals surface area (Å²) in [4.78, 5) is 22.2. The van der Waals surface area contributed by atoms with Gasteiger partial charge in [0.05, 0.1) is 14.2 Å². The molecule has 5 rings (SSSR count). The van der Waals surface area contributed by atoms with Crippen molar-refractivity contribution >= 4 is 43.4 Å². The van der Waals surface area contributed by atoms with Gasteiger partial charge in [-0.25, -0.2) is 4.98 Å². The zero-order chi connectivity index (χ0) is 21.4. The number of piperazine rings is 1. The summed E-state index contributed by atoms with van der Waals surface area (Å²) >= 11 is 1.60. The number of anilines is 1. The molecule has 1 amide bonds. The van der Waals surface area contributed by atoms with E-state index in [9.17, 15) is 4.79 Å². The van der Waals surface area contributed by atoms with E-state index in [1.54, 1.807) is 25.6 Å². The third kappa shape index (κ3) is 3.45. The van der Waals surface area contributed by atoms with E-state index in [0.717, 1.165) is 56.3 Å². The molecular weight excluding hydrogens is 410 g/mol. The third-order valence-electron chi connectivity index (χ3n) is 5.76. The molecule has 0 saturated carbocycles. The average Bonchev–Trinajstić information content (AvgIpc) is 3.28. The van der Waals surface area contributed by atoms with Gasteiger partial charge in [-0.05, 0) is 29.0 Å². The van der Waals surface area contributed by atoms with Crippen molar-refractivity contribution in [2.24, 2.45) is 0 Å². The zero-order valence-corrected chi connectivity index (χ0v) is 18.3. The maximum absolute atomic E-state index is 13.2. The number of thiazole rings is 1. The summed E-state index contributed by atoms with van der Waals surface area (Å²) in [5.74, 6) is 1.62. The molecule has 6 nitrogen and oxygen atoms in total. The van der Waals surface area contributed by atoms with E-state index in [0.29, 0.717) is 13.1 Å². The zero-order valence-electron chi connectivity index (χ0n) is 17.5. The summed E-state index contributed by atoms with van der Waals surface area (Å²) in [5.41, 5.74) is 1.58. The van der Waals surface area contributed by atoms with Crippen LogP contribution in [0, 0.1) is 0 Å². The summed E-state index contributed by atoms with van der Waals surface area (Å²) in [6, 6.07) is 17.7. The minimum absolute atomic E-state index is 0.0871. The van der Waals surface area contributed by atoms with Gasteiger partial charge in [0.15, 0.2) is 5.13 Å². The molecule has 158 valence electrons. The molecule has 0 N–H and O–H groups in total. The van der Waals surface area contributed by atoms with Crippen LogP contribution in [-0.4, -0.2) is 56.2 Å². The molecular formula is C24H23N3O3S. The Morgan fingerprint density at radius 1 is 0.903 bits per heavy atom. The molecule has 4 aromatic rings. The predicted octanol–water partition coefficient (Wildman–Crippen LogP) is 4.43. The molecule has 0 spiro atoms. The van der Waals surface area contributed by atoms with Crippen molar-refractivity contribution in [3.63, 3.8) is 0 Å². The van der Waals surface area contributed by atoms with Gasteiger partial charge in [-0.2, -0.15) is 0 Å². The van der Waals surface area contributed by atoms with Gasteiger partial charge in [0, 0.05) is 31.7 Å². The van der Waals surface area contributed by atoms with Crippen LogP contribution in [-0.2, 0) is 0 Å². The Hall–Kier alpha value is -3.32. The summed E-state index contributed by atoms with van der Waals surface area (Å²) in [7, 11) is 3.32. The molecule has 0 aliphatic carbocycles. The lowest BCUT2D eigenvalue weighted by Crippen LogP contribution is -2.48. The number of fused-ring (bicyclic) bond motifs is 2. The highest BCUT2D eigenvalue weighted by atomic mass is 32.1. The quantitative estimate of drug-likeness (QED) is 0.477. The number of hydrogen-bond acceptors (Lipinski definition) is 6. The Morgan fingerprint density at radius 2 is 1.61 bits per heavy atom. The number of hydrogen-bond donors (Lipinski definition) is 0. The molecule has 0 unspecified atom stereocenters. The first-order chi connectivity index (χ1) is 15.2. The molecule has 1 saturated heterocycles. The predicted molar refractivity (Wildman–Crippen MR) is 125 cm³/mol. The highest BCUT2D eigenvalue weighted by molar-refractivity contribution is 7.22. The molecule has 1 aliphatic heterocycles. The fourth-order valence-electron chi connectivity index (χ4n) is 4.09. The second-order valence-corrected chi connectivity index (χ2v) is 8.43. The number of rotatable bonds is 4. The van der Waals surface area contributed by atoms with Crippen LogP contribution in [0.1, 0.15) is 10.4 Å². The van der Waals surface area contributed by atoms with Crippen LogP contribution in [0.4, 0.5) is 5.13 Å². The molecule has 0 bridgehead atoms. The number of ether oxygens (including phenoxy) is 2. The number of amides is 1. The van der Waals surface area contributed by atoms with E-state index >= 15 is 0 Å². The Bertz CT molecular complexity index is 1220. The number of carbonyl (C=O) groups excluding carboxylic acids is 1. The second kappa shape index (κ2) is 8.07. The molecule has 1 aromatic heterocycles. The maximum atomic E-state index is 13.2. The fraction of sp³-hybridized carbons (Fsp3) is 0.250. The smallest absolute Gasteiger partial charge is 0.254 e. The van der Waals surface area contributed by atoms with Crippen molar-refractivity contribution in [1.29, 1.82) is 0 Å². The Morgan fingerprint density at radius 3 is 2.39 bits per heavy atom. The number of nitrogens with zero attached hydrogens (tertiary/aromatic N) is 3. The van der Waals surface area contributed by atoms with Crippen LogP contribution in [0.3, 0.4) is 0 Å². The van der Waals surface area contributed by atoms with Gasteiger partial charge >= 0.3 is 0 Å². The largest absolute Gasteiger partial charge is 0.495 e. The topological polar surface area (TPSA) is 54.9 Å². The van der Waals surface area contributed by atoms with Crippen LogP contribution < -0.4 is 14.4 Å². The van der Waals surface area contributed by atoms with Gasteiger partial charge in [-0.15, -0.1) is 0 Å². The molecule has 1 fully saturated rings. The minimum Gasteiger partial charge on any atom is -0.495 e. The van der Waals surface area contributed by atoms with Crippen LogP contribution in [0.2, 0.25) is 0 Å². The SMILES string of the molecule is COc1ccc(OC)c2sc(N3CCN(C(=O)c4cccc5ccccc45)CC3)nc12. The minimum atomic E-state index is 0.0871. The second-order valence-electron chi connectivity index (χ2n) is 7.45. The summed E-state index contributed by atoms with van der Waals surface area (Å²) in [5, 5.41) is 3.02. The fourth-order valence-corrected chi connectivity index (χ4v) is 5.22. The molecule has 3 aromatic carbocycles. The highest BCUT2D eigenvalue weighted by Crippen LogP contribution is 2.40.